The first kappa shape index (κ1) is 22.9. The van der Waals surface area contributed by atoms with Crippen molar-refractivity contribution in [2.45, 2.75) is 57.3 Å². The first-order chi connectivity index (χ1) is 17.1. The Labute approximate surface area is 211 Å². The van der Waals surface area contributed by atoms with Gasteiger partial charge in [-0.2, -0.15) is 0 Å². The average molecular weight is 469 g/mol. The number of phenolic OH excluding ortho intramolecular Hbond substituents is 1. The fourth-order valence-corrected chi connectivity index (χ4v) is 7.21. The minimum absolute atomic E-state index is 0.353. The van der Waals surface area contributed by atoms with Crippen LogP contribution in [0.1, 0.15) is 67.6 Å². The Hall–Kier alpha value is -2.52. The summed E-state index contributed by atoms with van der Waals surface area (Å²) in [6.07, 6.45) is 17.1. The summed E-state index contributed by atoms with van der Waals surface area (Å²) in [4.78, 5) is 5.11. The molecular formula is C32H40N2O. The van der Waals surface area contributed by atoms with E-state index in [0.717, 1.165) is 25.7 Å². The number of likely N-dealkylation sites (tertiary alicyclic amines) is 1. The summed E-state index contributed by atoms with van der Waals surface area (Å²) in [5.74, 6) is 1.25. The van der Waals surface area contributed by atoms with Gasteiger partial charge < -0.3 is 14.9 Å². The summed E-state index contributed by atoms with van der Waals surface area (Å²) < 4.78 is 0. The Balaban J connectivity index is 1.23. The van der Waals surface area contributed by atoms with Crippen LogP contribution in [0.5, 0.6) is 5.75 Å². The highest BCUT2D eigenvalue weighted by Gasteiger charge is 2.37. The third kappa shape index (κ3) is 4.56. The average Bonchev–Trinajstić information content (AvgIpc) is 2.91. The van der Waals surface area contributed by atoms with Crippen molar-refractivity contribution in [1.29, 1.82) is 0 Å². The molecule has 0 amide bonds. The molecule has 0 bridgehead atoms. The lowest BCUT2D eigenvalue weighted by Crippen LogP contribution is -2.46. The highest BCUT2D eigenvalue weighted by Crippen LogP contribution is 2.47. The lowest BCUT2D eigenvalue weighted by atomic mass is 9.68. The van der Waals surface area contributed by atoms with Crippen molar-refractivity contribution in [1.82, 2.24) is 4.90 Å². The lowest BCUT2D eigenvalue weighted by Gasteiger charge is -2.47. The Bertz CT molecular complexity index is 1100. The minimum atomic E-state index is 0.353. The van der Waals surface area contributed by atoms with Crippen LogP contribution >= 0.6 is 0 Å². The second kappa shape index (κ2) is 9.50. The molecule has 2 heterocycles. The van der Waals surface area contributed by atoms with Crippen molar-refractivity contribution in [2.75, 3.05) is 38.1 Å². The molecule has 184 valence electrons. The maximum absolute atomic E-state index is 10.1. The van der Waals surface area contributed by atoms with Gasteiger partial charge in [-0.05, 0) is 129 Å². The highest BCUT2D eigenvalue weighted by molar-refractivity contribution is 5.52. The van der Waals surface area contributed by atoms with Crippen molar-refractivity contribution >= 4 is 5.69 Å². The molecule has 3 heteroatoms. The van der Waals surface area contributed by atoms with E-state index in [2.05, 4.69) is 65.4 Å². The number of anilines is 1. The van der Waals surface area contributed by atoms with Crippen molar-refractivity contribution < 1.29 is 5.11 Å². The number of aryl methyl sites for hydroxylation is 1. The maximum atomic E-state index is 10.1. The predicted octanol–water partition coefficient (Wildman–Crippen LogP) is 6.68. The molecule has 2 aromatic carbocycles. The van der Waals surface area contributed by atoms with Gasteiger partial charge in [0.1, 0.15) is 5.75 Å². The summed E-state index contributed by atoms with van der Waals surface area (Å²) in [6.45, 7) is 4.91. The van der Waals surface area contributed by atoms with Gasteiger partial charge in [0, 0.05) is 24.7 Å². The summed E-state index contributed by atoms with van der Waals surface area (Å²) in [5, 5.41) is 10.1. The first-order valence-corrected chi connectivity index (χ1v) is 13.8. The second-order valence-corrected chi connectivity index (χ2v) is 11.6. The normalized spacial score (nSPS) is 26.4. The molecule has 0 unspecified atom stereocenters. The van der Waals surface area contributed by atoms with E-state index >= 15 is 0 Å². The van der Waals surface area contributed by atoms with Gasteiger partial charge in [-0.1, -0.05) is 36.4 Å². The van der Waals surface area contributed by atoms with Crippen LogP contribution in [0.4, 0.5) is 5.69 Å². The van der Waals surface area contributed by atoms with Crippen molar-refractivity contribution in [3.63, 3.8) is 0 Å². The van der Waals surface area contributed by atoms with Crippen LogP contribution < -0.4 is 4.90 Å². The van der Waals surface area contributed by atoms with Crippen LogP contribution in [0.2, 0.25) is 0 Å². The van der Waals surface area contributed by atoms with Crippen molar-refractivity contribution in [3.8, 4) is 5.75 Å². The van der Waals surface area contributed by atoms with Crippen LogP contribution in [-0.2, 0) is 6.42 Å². The zero-order valence-electron chi connectivity index (χ0n) is 21.3. The largest absolute Gasteiger partial charge is 0.508 e. The predicted molar refractivity (Wildman–Crippen MR) is 145 cm³/mol. The summed E-state index contributed by atoms with van der Waals surface area (Å²) in [5.41, 5.74) is 7.60. The van der Waals surface area contributed by atoms with Gasteiger partial charge in [0.2, 0.25) is 0 Å². The van der Waals surface area contributed by atoms with Gasteiger partial charge in [0.15, 0.2) is 0 Å². The molecule has 2 aromatic rings. The smallest absolute Gasteiger partial charge is 0.115 e. The van der Waals surface area contributed by atoms with E-state index in [0.29, 0.717) is 23.0 Å². The van der Waals surface area contributed by atoms with Gasteiger partial charge in [0.05, 0.1) is 0 Å². The van der Waals surface area contributed by atoms with Crippen molar-refractivity contribution in [3.05, 3.63) is 83.0 Å². The molecule has 0 radical (unpaired) electrons. The van der Waals surface area contributed by atoms with Crippen LogP contribution in [0, 0.1) is 11.3 Å². The van der Waals surface area contributed by atoms with E-state index in [-0.39, 0.29) is 0 Å². The molecule has 2 aliphatic carbocycles. The molecule has 3 nitrogen and oxygen atoms in total. The summed E-state index contributed by atoms with van der Waals surface area (Å²) in [7, 11) is 2.27. The zero-order valence-corrected chi connectivity index (χ0v) is 21.3. The molecule has 0 aromatic heterocycles. The van der Waals surface area contributed by atoms with E-state index < -0.39 is 0 Å². The molecule has 2 aliphatic heterocycles. The zero-order chi connectivity index (χ0) is 23.8. The molecule has 4 aliphatic rings. The monoisotopic (exact) mass is 468 g/mol. The Morgan fingerprint density at radius 1 is 0.886 bits per heavy atom. The number of phenols is 1. The third-order valence-corrected chi connectivity index (χ3v) is 9.53. The SMILES string of the molecule is CN1CCC2(CC1)CCN(c1ccc([C@@H]3c4ccc(O)cc4CC[C@@H]3C3=CCCC=C3)cc1)CC2. The second-order valence-electron chi connectivity index (χ2n) is 11.6. The number of aromatic hydroxyl groups is 1. The van der Waals surface area contributed by atoms with E-state index in [1.54, 1.807) is 0 Å². The number of hydrogen-bond donors (Lipinski definition) is 1. The molecule has 0 saturated carbocycles. The topological polar surface area (TPSA) is 26.7 Å². The quantitative estimate of drug-likeness (QED) is 0.545. The van der Waals surface area contributed by atoms with Gasteiger partial charge in [-0.3, -0.25) is 0 Å². The highest BCUT2D eigenvalue weighted by atomic mass is 16.3. The number of allylic oxidation sites excluding steroid dienone is 4. The van der Waals surface area contributed by atoms with Crippen LogP contribution in [0.15, 0.2) is 66.3 Å². The van der Waals surface area contributed by atoms with Crippen LogP contribution in [0.25, 0.3) is 0 Å². The van der Waals surface area contributed by atoms with Gasteiger partial charge >= 0.3 is 0 Å². The van der Waals surface area contributed by atoms with Gasteiger partial charge in [0.25, 0.3) is 0 Å². The van der Waals surface area contributed by atoms with Crippen LogP contribution in [-0.4, -0.2) is 43.2 Å². The summed E-state index contributed by atoms with van der Waals surface area (Å²) >= 11 is 0. The summed E-state index contributed by atoms with van der Waals surface area (Å²) in [6, 6.07) is 15.6. The molecule has 2 fully saturated rings. The van der Waals surface area contributed by atoms with E-state index in [1.165, 1.54) is 79.8 Å². The fourth-order valence-electron chi connectivity index (χ4n) is 7.21. The maximum Gasteiger partial charge on any atom is 0.115 e. The van der Waals surface area contributed by atoms with E-state index in [9.17, 15) is 5.11 Å². The molecule has 35 heavy (non-hydrogen) atoms. The minimum Gasteiger partial charge on any atom is -0.508 e. The Morgan fingerprint density at radius 2 is 1.63 bits per heavy atom. The third-order valence-electron chi connectivity index (χ3n) is 9.53. The number of piperidine rings is 2. The number of hydrogen-bond acceptors (Lipinski definition) is 3. The standard InChI is InChI=1S/C32H40N2O/c1-33-19-15-32(16-20-33)17-21-34(22-18-32)27-10-7-25(8-11-27)31-29(24-5-3-2-4-6-24)13-9-26-23-28(35)12-14-30(26)31/h3,5-8,10-12,14,23,29,31,35H,2,4,9,13,15-22H2,1H3/t29-,31+/m1/s1. The Kier molecular flexibility index (Phi) is 6.22. The first-order valence-electron chi connectivity index (χ1n) is 13.8. The number of rotatable bonds is 3. The molecular weight excluding hydrogens is 428 g/mol. The van der Waals surface area contributed by atoms with Gasteiger partial charge in [-0.15, -0.1) is 0 Å². The Morgan fingerprint density at radius 3 is 2.34 bits per heavy atom. The number of fused-ring (bicyclic) bond motifs is 1. The van der Waals surface area contributed by atoms with Gasteiger partial charge in [-0.25, -0.2) is 0 Å². The van der Waals surface area contributed by atoms with E-state index in [4.69, 9.17) is 0 Å². The van der Waals surface area contributed by atoms with E-state index in [1.807, 2.05) is 12.1 Å². The number of nitrogens with zero attached hydrogens (tertiary/aromatic N) is 2. The fraction of sp³-hybridized carbons (Fsp3) is 0.500. The molecule has 1 N–H and O–H groups in total. The molecule has 2 saturated heterocycles. The molecule has 1 spiro atoms. The lowest BCUT2D eigenvalue weighted by molar-refractivity contribution is 0.0945. The molecule has 2 atom stereocenters. The van der Waals surface area contributed by atoms with Crippen LogP contribution in [0.3, 0.4) is 0 Å². The van der Waals surface area contributed by atoms with Crippen molar-refractivity contribution in [2.24, 2.45) is 11.3 Å². The molecule has 6 rings (SSSR count). The number of benzene rings is 2.